The van der Waals surface area contributed by atoms with E-state index in [9.17, 15) is 4.79 Å². The van der Waals surface area contributed by atoms with Crippen LogP contribution in [0.15, 0.2) is 46.8 Å². The maximum Gasteiger partial charge on any atom is 0.181 e. The van der Waals surface area contributed by atoms with Gasteiger partial charge >= 0.3 is 0 Å². The molecule has 2 rings (SSSR count). The highest BCUT2D eigenvalue weighted by atomic mass is 32.1. The molecule has 0 radical (unpaired) electrons. The maximum absolute atomic E-state index is 10.9. The summed E-state index contributed by atoms with van der Waals surface area (Å²) < 4.78 is 2.01. The van der Waals surface area contributed by atoms with E-state index in [2.05, 4.69) is 22.8 Å². The van der Waals surface area contributed by atoms with Crippen LogP contribution < -0.4 is 10.7 Å². The number of thiophene rings is 1. The molecule has 2 heterocycles. The predicted octanol–water partition coefficient (Wildman–Crippen LogP) is 1.74. The molecule has 0 saturated heterocycles. The first-order valence-electron chi connectivity index (χ1n) is 5.74. The first-order valence-corrected chi connectivity index (χ1v) is 6.62. The van der Waals surface area contributed by atoms with Crippen molar-refractivity contribution in [2.45, 2.75) is 13.0 Å². The number of nitrogens with zero attached hydrogens (tertiary/aromatic N) is 1. The van der Waals surface area contributed by atoms with Gasteiger partial charge in [0.05, 0.1) is 0 Å². The van der Waals surface area contributed by atoms with Gasteiger partial charge in [0, 0.05) is 49.0 Å². The van der Waals surface area contributed by atoms with E-state index in [0.29, 0.717) is 0 Å². The Morgan fingerprint density at radius 2 is 2.00 bits per heavy atom. The van der Waals surface area contributed by atoms with E-state index in [1.165, 1.54) is 4.88 Å². The second-order valence-electron chi connectivity index (χ2n) is 3.85. The molecule has 0 aliphatic heterocycles. The lowest BCUT2D eigenvalue weighted by atomic mass is 10.3. The fourth-order valence-electron chi connectivity index (χ4n) is 1.59. The zero-order valence-electron chi connectivity index (χ0n) is 9.63. The molecule has 0 spiro atoms. The van der Waals surface area contributed by atoms with Crippen molar-refractivity contribution in [3.05, 3.63) is 57.1 Å². The van der Waals surface area contributed by atoms with Crippen LogP contribution in [0.2, 0.25) is 0 Å². The summed E-state index contributed by atoms with van der Waals surface area (Å²) in [6.07, 6.45) is 4.73. The van der Waals surface area contributed by atoms with E-state index in [4.69, 9.17) is 0 Å². The molecule has 90 valence electrons. The molecule has 2 aromatic rings. The third-order valence-corrected chi connectivity index (χ3v) is 3.47. The maximum atomic E-state index is 10.9. The molecule has 1 N–H and O–H groups in total. The molecule has 0 atom stereocenters. The van der Waals surface area contributed by atoms with E-state index in [-0.39, 0.29) is 5.43 Å². The summed E-state index contributed by atoms with van der Waals surface area (Å²) in [5, 5.41) is 5.50. The Bertz CT molecular complexity index is 470. The van der Waals surface area contributed by atoms with Gasteiger partial charge in [-0.05, 0) is 17.9 Å². The van der Waals surface area contributed by atoms with Gasteiger partial charge in [0.25, 0.3) is 0 Å². The van der Waals surface area contributed by atoms with Crippen molar-refractivity contribution in [1.29, 1.82) is 0 Å². The predicted molar refractivity (Wildman–Crippen MR) is 71.6 cm³/mol. The Kier molecular flexibility index (Phi) is 4.53. The quantitative estimate of drug-likeness (QED) is 0.790. The second-order valence-corrected chi connectivity index (χ2v) is 4.88. The van der Waals surface area contributed by atoms with Crippen LogP contribution in [0.3, 0.4) is 0 Å². The summed E-state index contributed by atoms with van der Waals surface area (Å²) >= 11 is 1.80. The smallest absolute Gasteiger partial charge is 0.181 e. The topological polar surface area (TPSA) is 34.0 Å². The average Bonchev–Trinajstić information content (AvgIpc) is 2.84. The van der Waals surface area contributed by atoms with Crippen molar-refractivity contribution in [2.24, 2.45) is 0 Å². The Labute approximate surface area is 105 Å². The summed E-state index contributed by atoms with van der Waals surface area (Å²) in [5.41, 5.74) is 0.0619. The fourth-order valence-corrected chi connectivity index (χ4v) is 2.30. The number of aromatic nitrogens is 1. The van der Waals surface area contributed by atoms with Gasteiger partial charge in [0.1, 0.15) is 0 Å². The second kappa shape index (κ2) is 6.37. The van der Waals surface area contributed by atoms with Crippen molar-refractivity contribution < 1.29 is 0 Å². The van der Waals surface area contributed by atoms with E-state index < -0.39 is 0 Å². The minimum absolute atomic E-state index is 0.0619. The highest BCUT2D eigenvalue weighted by Crippen LogP contribution is 2.07. The lowest BCUT2D eigenvalue weighted by Gasteiger charge is -2.06. The highest BCUT2D eigenvalue weighted by molar-refractivity contribution is 7.09. The minimum atomic E-state index is 0.0619. The van der Waals surface area contributed by atoms with Crippen LogP contribution >= 0.6 is 11.3 Å². The van der Waals surface area contributed by atoms with Crippen molar-refractivity contribution in [3.63, 3.8) is 0 Å². The molecule has 0 amide bonds. The molecule has 0 unspecified atom stereocenters. The van der Waals surface area contributed by atoms with E-state index in [1.54, 1.807) is 23.5 Å². The van der Waals surface area contributed by atoms with Gasteiger partial charge in [-0.2, -0.15) is 0 Å². The summed E-state index contributed by atoms with van der Waals surface area (Å²) in [6.45, 7) is 2.82. The lowest BCUT2D eigenvalue weighted by Crippen LogP contribution is -2.22. The first-order chi connectivity index (χ1) is 8.34. The third-order valence-electron chi connectivity index (χ3n) is 2.54. The molecule has 0 aliphatic carbocycles. The Hall–Kier alpha value is -1.39. The van der Waals surface area contributed by atoms with Crippen LogP contribution in [0, 0.1) is 0 Å². The normalized spacial score (nSPS) is 10.6. The molecular weight excluding hydrogens is 232 g/mol. The zero-order chi connectivity index (χ0) is 11.9. The molecule has 0 fully saturated rings. The van der Waals surface area contributed by atoms with Crippen molar-refractivity contribution in [2.75, 3.05) is 13.1 Å². The monoisotopic (exact) mass is 248 g/mol. The van der Waals surface area contributed by atoms with Crippen molar-refractivity contribution >= 4 is 11.3 Å². The molecule has 2 aromatic heterocycles. The number of pyridine rings is 1. The van der Waals surface area contributed by atoms with Crippen LogP contribution in [0.1, 0.15) is 4.88 Å². The average molecular weight is 248 g/mol. The van der Waals surface area contributed by atoms with Crippen LogP contribution in [0.25, 0.3) is 0 Å². The number of nitrogens with one attached hydrogen (secondary N) is 1. The summed E-state index contributed by atoms with van der Waals surface area (Å²) in [7, 11) is 0. The highest BCUT2D eigenvalue weighted by Gasteiger charge is 1.93. The van der Waals surface area contributed by atoms with Gasteiger partial charge in [-0.25, -0.2) is 0 Å². The van der Waals surface area contributed by atoms with Crippen LogP contribution in [-0.4, -0.2) is 17.7 Å². The SMILES string of the molecule is O=c1ccn(CCNCCc2cccs2)cc1. The first kappa shape index (κ1) is 12.1. The Morgan fingerprint density at radius 1 is 1.18 bits per heavy atom. The number of hydrogen-bond donors (Lipinski definition) is 1. The molecule has 0 saturated carbocycles. The van der Waals surface area contributed by atoms with Gasteiger partial charge in [-0.1, -0.05) is 6.07 Å². The van der Waals surface area contributed by atoms with Crippen molar-refractivity contribution in [3.8, 4) is 0 Å². The van der Waals surface area contributed by atoms with Crippen LogP contribution in [-0.2, 0) is 13.0 Å². The fraction of sp³-hybridized carbons (Fsp3) is 0.308. The van der Waals surface area contributed by atoms with Crippen LogP contribution in [0.4, 0.5) is 0 Å². The number of hydrogen-bond acceptors (Lipinski definition) is 3. The number of rotatable bonds is 6. The summed E-state index contributed by atoms with van der Waals surface area (Å²) in [5.74, 6) is 0. The largest absolute Gasteiger partial charge is 0.353 e. The van der Waals surface area contributed by atoms with Gasteiger partial charge in [0.15, 0.2) is 5.43 Å². The molecule has 4 heteroatoms. The standard InChI is InChI=1S/C13H16N2OS/c16-12-4-8-15(9-5-12)10-7-14-6-3-13-2-1-11-17-13/h1-2,4-5,8-9,11,14H,3,6-7,10H2. The summed E-state index contributed by atoms with van der Waals surface area (Å²) in [4.78, 5) is 12.3. The minimum Gasteiger partial charge on any atom is -0.353 e. The van der Waals surface area contributed by atoms with Crippen molar-refractivity contribution in [1.82, 2.24) is 9.88 Å². The molecule has 3 nitrogen and oxygen atoms in total. The van der Waals surface area contributed by atoms with E-state index in [0.717, 1.165) is 26.1 Å². The molecule has 0 aliphatic rings. The Balaban J connectivity index is 1.63. The van der Waals surface area contributed by atoms with E-state index >= 15 is 0 Å². The van der Waals surface area contributed by atoms with Gasteiger partial charge < -0.3 is 9.88 Å². The zero-order valence-corrected chi connectivity index (χ0v) is 10.5. The molecule has 0 aromatic carbocycles. The van der Waals surface area contributed by atoms with Crippen LogP contribution in [0.5, 0.6) is 0 Å². The Morgan fingerprint density at radius 3 is 2.71 bits per heavy atom. The lowest BCUT2D eigenvalue weighted by molar-refractivity contribution is 0.597. The van der Waals surface area contributed by atoms with Gasteiger partial charge in [0.2, 0.25) is 0 Å². The van der Waals surface area contributed by atoms with E-state index in [1.807, 2.05) is 17.0 Å². The summed E-state index contributed by atoms with van der Waals surface area (Å²) in [6, 6.07) is 7.42. The van der Waals surface area contributed by atoms with Gasteiger partial charge in [-0.15, -0.1) is 11.3 Å². The molecule has 0 bridgehead atoms. The third kappa shape index (κ3) is 4.17. The molecular formula is C13H16N2OS. The molecule has 17 heavy (non-hydrogen) atoms. The van der Waals surface area contributed by atoms with Gasteiger partial charge in [-0.3, -0.25) is 4.79 Å².